The maximum Gasteiger partial charge on any atom is 0.238 e. The molecule has 0 bridgehead atoms. The molecule has 6 nitrogen and oxygen atoms in total. The van der Waals surface area contributed by atoms with Crippen LogP contribution < -0.4 is 10.6 Å². The largest absolute Gasteiger partial charge is 0.506 e. The fourth-order valence-electron chi connectivity index (χ4n) is 3.12. The number of rotatable bonds is 5. The fraction of sp³-hybridized carbons (Fsp3) is 0.300. The minimum atomic E-state index is -0.112. The molecule has 0 aromatic heterocycles. The van der Waals surface area contributed by atoms with Gasteiger partial charge < -0.3 is 15.7 Å². The van der Waals surface area contributed by atoms with E-state index in [1.165, 1.54) is 0 Å². The molecule has 2 aromatic carbocycles. The fourth-order valence-corrected chi connectivity index (χ4v) is 3.65. The number of anilines is 2. The van der Waals surface area contributed by atoms with E-state index in [-0.39, 0.29) is 23.5 Å². The highest BCUT2D eigenvalue weighted by atomic mass is 127. The first-order chi connectivity index (χ1) is 13.0. The van der Waals surface area contributed by atoms with E-state index in [1.54, 1.807) is 24.3 Å². The third-order valence-electron chi connectivity index (χ3n) is 4.64. The summed E-state index contributed by atoms with van der Waals surface area (Å²) in [6.07, 6.45) is 1.38. The van der Waals surface area contributed by atoms with Gasteiger partial charge in [0.1, 0.15) is 5.75 Å². The molecule has 1 heterocycles. The van der Waals surface area contributed by atoms with Crippen molar-refractivity contribution in [2.45, 2.75) is 12.8 Å². The van der Waals surface area contributed by atoms with Gasteiger partial charge in [-0.2, -0.15) is 0 Å². The lowest BCUT2D eigenvalue weighted by atomic mass is 9.95. The van der Waals surface area contributed by atoms with Gasteiger partial charge in [-0.3, -0.25) is 14.5 Å². The third kappa shape index (κ3) is 5.43. The molecule has 0 spiro atoms. The molecule has 1 aliphatic heterocycles. The van der Waals surface area contributed by atoms with Gasteiger partial charge in [0, 0.05) is 9.49 Å². The van der Waals surface area contributed by atoms with Crippen LogP contribution in [0, 0.1) is 9.49 Å². The van der Waals surface area contributed by atoms with Crippen LogP contribution >= 0.6 is 22.6 Å². The number of hydrogen-bond acceptors (Lipinski definition) is 4. The Bertz CT molecular complexity index is 820. The van der Waals surface area contributed by atoms with Crippen molar-refractivity contribution in [1.29, 1.82) is 0 Å². The maximum absolute atomic E-state index is 12.4. The minimum Gasteiger partial charge on any atom is -0.506 e. The number of carbonyl (C=O) groups is 2. The predicted octanol–water partition coefficient (Wildman–Crippen LogP) is 3.29. The zero-order chi connectivity index (χ0) is 19.2. The molecule has 0 aliphatic carbocycles. The quantitative estimate of drug-likeness (QED) is 0.454. The monoisotopic (exact) mass is 479 g/mol. The van der Waals surface area contributed by atoms with Gasteiger partial charge in [-0.05, 0) is 72.8 Å². The molecule has 7 heteroatoms. The van der Waals surface area contributed by atoms with Gasteiger partial charge >= 0.3 is 0 Å². The molecule has 0 radical (unpaired) electrons. The number of nitrogens with zero attached hydrogens (tertiary/aromatic N) is 1. The Balaban J connectivity index is 1.46. The molecule has 0 atom stereocenters. The van der Waals surface area contributed by atoms with Gasteiger partial charge in [0.25, 0.3) is 0 Å². The average Bonchev–Trinajstić information content (AvgIpc) is 2.66. The molecule has 27 heavy (non-hydrogen) atoms. The molecule has 1 aliphatic rings. The van der Waals surface area contributed by atoms with Crippen molar-refractivity contribution in [3.05, 3.63) is 52.1 Å². The van der Waals surface area contributed by atoms with Crippen LogP contribution in [0.5, 0.6) is 5.75 Å². The molecule has 1 fully saturated rings. The lowest BCUT2D eigenvalue weighted by Crippen LogP contribution is -2.41. The van der Waals surface area contributed by atoms with Gasteiger partial charge in [-0.15, -0.1) is 0 Å². The number of likely N-dealkylation sites (tertiary alicyclic amines) is 1. The van der Waals surface area contributed by atoms with E-state index in [4.69, 9.17) is 0 Å². The summed E-state index contributed by atoms with van der Waals surface area (Å²) in [5.74, 6) is -0.176. The first kappa shape index (κ1) is 19.6. The van der Waals surface area contributed by atoms with Crippen LogP contribution in [0.3, 0.4) is 0 Å². The lowest BCUT2D eigenvalue weighted by molar-refractivity contribution is -0.121. The number of phenolic OH excluding ortho intramolecular Hbond substituents is 1. The summed E-state index contributed by atoms with van der Waals surface area (Å²) in [6, 6.07) is 14.4. The standard InChI is InChI=1S/C20H22IN3O3/c21-15-5-1-2-6-16(15)22-19(26)13-24-11-9-14(10-12-24)20(27)23-17-7-3-4-8-18(17)25/h1-8,14,25H,9-13H2,(H,22,26)(H,23,27). The van der Waals surface area contributed by atoms with Crippen LogP contribution in [-0.2, 0) is 9.59 Å². The number of carbonyl (C=O) groups excluding carboxylic acids is 2. The molecular weight excluding hydrogens is 457 g/mol. The van der Waals surface area contributed by atoms with Crippen molar-refractivity contribution < 1.29 is 14.7 Å². The SMILES string of the molecule is O=C(CN1CCC(C(=O)Nc2ccccc2O)CC1)Nc1ccccc1I. The Kier molecular flexibility index (Phi) is 6.68. The van der Waals surface area contributed by atoms with Crippen molar-refractivity contribution in [3.8, 4) is 5.75 Å². The average molecular weight is 479 g/mol. The second-order valence-electron chi connectivity index (χ2n) is 6.58. The van der Waals surface area contributed by atoms with E-state index in [0.29, 0.717) is 38.2 Å². The number of hydrogen-bond donors (Lipinski definition) is 3. The first-order valence-electron chi connectivity index (χ1n) is 8.88. The second-order valence-corrected chi connectivity index (χ2v) is 7.75. The number of amides is 2. The molecule has 142 valence electrons. The summed E-state index contributed by atoms with van der Waals surface area (Å²) in [4.78, 5) is 26.7. The van der Waals surface area contributed by atoms with Crippen molar-refractivity contribution >= 4 is 45.8 Å². The Morgan fingerprint density at radius 2 is 1.63 bits per heavy atom. The van der Waals surface area contributed by atoms with Crippen molar-refractivity contribution in [2.75, 3.05) is 30.3 Å². The van der Waals surface area contributed by atoms with E-state index in [1.807, 2.05) is 24.3 Å². The van der Waals surface area contributed by atoms with E-state index in [0.717, 1.165) is 9.26 Å². The Morgan fingerprint density at radius 3 is 2.30 bits per heavy atom. The Labute approximate surface area is 172 Å². The van der Waals surface area contributed by atoms with Crippen molar-refractivity contribution in [3.63, 3.8) is 0 Å². The summed E-state index contributed by atoms with van der Waals surface area (Å²) in [6.45, 7) is 1.70. The highest BCUT2D eigenvalue weighted by Crippen LogP contribution is 2.25. The lowest BCUT2D eigenvalue weighted by Gasteiger charge is -2.30. The summed E-state index contributed by atoms with van der Waals surface area (Å²) in [5, 5.41) is 15.5. The summed E-state index contributed by atoms with van der Waals surface area (Å²) >= 11 is 2.20. The second kappa shape index (κ2) is 9.18. The van der Waals surface area contributed by atoms with Gasteiger partial charge in [-0.1, -0.05) is 24.3 Å². The number of benzene rings is 2. The van der Waals surface area contributed by atoms with Crippen molar-refractivity contribution in [1.82, 2.24) is 4.90 Å². The van der Waals surface area contributed by atoms with Gasteiger partial charge in [0.15, 0.2) is 0 Å². The van der Waals surface area contributed by atoms with Crippen LogP contribution in [0.1, 0.15) is 12.8 Å². The Morgan fingerprint density at radius 1 is 1.00 bits per heavy atom. The molecular formula is C20H22IN3O3. The minimum absolute atomic E-state index is 0.0452. The summed E-state index contributed by atoms with van der Waals surface area (Å²) < 4.78 is 1.00. The number of halogens is 1. The van der Waals surface area contributed by atoms with E-state index in [2.05, 4.69) is 38.1 Å². The molecule has 0 unspecified atom stereocenters. The van der Waals surface area contributed by atoms with Crippen LogP contribution in [0.15, 0.2) is 48.5 Å². The number of piperidine rings is 1. The number of para-hydroxylation sites is 3. The van der Waals surface area contributed by atoms with Crippen LogP contribution in [0.25, 0.3) is 0 Å². The molecule has 3 N–H and O–H groups in total. The van der Waals surface area contributed by atoms with Gasteiger partial charge in [-0.25, -0.2) is 0 Å². The van der Waals surface area contributed by atoms with Gasteiger partial charge in [0.05, 0.1) is 17.9 Å². The van der Waals surface area contributed by atoms with Gasteiger partial charge in [0.2, 0.25) is 11.8 Å². The number of nitrogens with one attached hydrogen (secondary N) is 2. The number of aromatic hydroxyl groups is 1. The van der Waals surface area contributed by atoms with Crippen molar-refractivity contribution in [2.24, 2.45) is 5.92 Å². The first-order valence-corrected chi connectivity index (χ1v) is 9.96. The van der Waals surface area contributed by atoms with Crippen LogP contribution in [-0.4, -0.2) is 41.5 Å². The predicted molar refractivity (Wildman–Crippen MR) is 114 cm³/mol. The highest BCUT2D eigenvalue weighted by molar-refractivity contribution is 14.1. The molecule has 2 aromatic rings. The topological polar surface area (TPSA) is 81.7 Å². The Hall–Kier alpha value is -2.13. The maximum atomic E-state index is 12.4. The summed E-state index contributed by atoms with van der Waals surface area (Å²) in [5.41, 5.74) is 1.25. The zero-order valence-corrected chi connectivity index (χ0v) is 17.0. The molecule has 0 saturated carbocycles. The normalized spacial score (nSPS) is 15.3. The van der Waals surface area contributed by atoms with E-state index < -0.39 is 0 Å². The van der Waals surface area contributed by atoms with E-state index >= 15 is 0 Å². The van der Waals surface area contributed by atoms with Crippen LogP contribution in [0.2, 0.25) is 0 Å². The zero-order valence-electron chi connectivity index (χ0n) is 14.8. The smallest absolute Gasteiger partial charge is 0.238 e. The number of phenols is 1. The van der Waals surface area contributed by atoms with Crippen LogP contribution in [0.4, 0.5) is 11.4 Å². The molecule has 1 saturated heterocycles. The highest BCUT2D eigenvalue weighted by Gasteiger charge is 2.26. The van der Waals surface area contributed by atoms with E-state index in [9.17, 15) is 14.7 Å². The molecule has 3 rings (SSSR count). The summed E-state index contributed by atoms with van der Waals surface area (Å²) in [7, 11) is 0. The molecule has 2 amide bonds. The third-order valence-corrected chi connectivity index (χ3v) is 5.58.